The highest BCUT2D eigenvalue weighted by molar-refractivity contribution is 5.84. The maximum absolute atomic E-state index is 5.55. The lowest BCUT2D eigenvalue weighted by Crippen LogP contribution is -2.22. The topological polar surface area (TPSA) is 46.8 Å². The van der Waals surface area contributed by atoms with Crippen molar-refractivity contribution in [2.75, 3.05) is 18.5 Å². The van der Waals surface area contributed by atoms with Crippen LogP contribution in [-0.2, 0) is 13.0 Å². The van der Waals surface area contributed by atoms with Crippen molar-refractivity contribution in [3.63, 3.8) is 0 Å². The van der Waals surface area contributed by atoms with Gasteiger partial charge in [0, 0.05) is 19.5 Å². The van der Waals surface area contributed by atoms with E-state index in [2.05, 4.69) is 58.8 Å². The Hall–Kier alpha value is -3.31. The number of anilines is 1. The lowest BCUT2D eigenvalue weighted by Gasteiger charge is -2.22. The minimum absolute atomic E-state index is 0.424. The predicted octanol–water partition coefficient (Wildman–Crippen LogP) is 4.32. The monoisotopic (exact) mass is 411 g/mol. The lowest BCUT2D eigenvalue weighted by molar-refractivity contribution is 0.333. The normalized spacial score (nSPS) is 18.2. The van der Waals surface area contributed by atoms with E-state index in [4.69, 9.17) is 16.4 Å². The van der Waals surface area contributed by atoms with Gasteiger partial charge in [0.1, 0.15) is 0 Å². The van der Waals surface area contributed by atoms with Gasteiger partial charge < -0.3 is 9.47 Å². The Morgan fingerprint density at radius 3 is 2.81 bits per heavy atom. The van der Waals surface area contributed by atoms with Gasteiger partial charge in [-0.15, -0.1) is 6.42 Å². The first-order valence-electron chi connectivity index (χ1n) is 11.1. The number of hydrogen-bond donors (Lipinski definition) is 0. The molecule has 2 heterocycles. The summed E-state index contributed by atoms with van der Waals surface area (Å²) in [7, 11) is 2.05. The molecule has 2 aromatic heterocycles. The van der Waals surface area contributed by atoms with E-state index in [9.17, 15) is 0 Å². The van der Waals surface area contributed by atoms with Crippen molar-refractivity contribution in [3.05, 3.63) is 48.0 Å². The molecule has 0 amide bonds. The van der Waals surface area contributed by atoms with E-state index < -0.39 is 0 Å². The molecule has 1 aromatic carbocycles. The number of terminal acetylenes is 1. The Balaban J connectivity index is 1.64. The summed E-state index contributed by atoms with van der Waals surface area (Å²) in [5.74, 6) is 11.9. The molecular weight excluding hydrogens is 382 g/mol. The molecule has 3 aromatic rings. The molecule has 2 atom stereocenters. The third-order valence-corrected chi connectivity index (χ3v) is 5.97. The van der Waals surface area contributed by atoms with Gasteiger partial charge in [0.15, 0.2) is 17.0 Å². The summed E-state index contributed by atoms with van der Waals surface area (Å²) < 4.78 is 1.89. The van der Waals surface area contributed by atoms with Crippen LogP contribution in [-0.4, -0.2) is 33.1 Å². The predicted molar refractivity (Wildman–Crippen MR) is 126 cm³/mol. The molecule has 1 unspecified atom stereocenters. The van der Waals surface area contributed by atoms with Gasteiger partial charge in [0.2, 0.25) is 5.82 Å². The Kier molecular flexibility index (Phi) is 6.53. The number of nitrogens with zero attached hydrogens (tertiary/aromatic N) is 5. The standard InChI is InChI=1S/C26H29N5/c1-4-16-31-19-27-24-25(30(3)17-15-21-10-6-5-7-11-21)28-23(29-26(24)31)14-13-22-12-8-9-20(2)18-22/h1,5-7,10-11,19-20,22H,8-9,12,15-18H2,2-3H3/t20-,22?/m1/s1. The second-order valence-corrected chi connectivity index (χ2v) is 8.51. The lowest BCUT2D eigenvalue weighted by atomic mass is 9.83. The molecule has 1 fully saturated rings. The molecule has 4 rings (SSSR count). The number of benzene rings is 1. The molecule has 0 saturated heterocycles. The maximum Gasteiger partial charge on any atom is 0.208 e. The fourth-order valence-electron chi connectivity index (χ4n) is 4.24. The third kappa shape index (κ3) is 5.06. The van der Waals surface area contributed by atoms with E-state index in [-0.39, 0.29) is 0 Å². The molecule has 0 aliphatic heterocycles. The molecule has 1 aliphatic carbocycles. The van der Waals surface area contributed by atoms with E-state index in [0.29, 0.717) is 18.3 Å². The number of aromatic nitrogens is 4. The van der Waals surface area contributed by atoms with Crippen LogP contribution in [0.4, 0.5) is 5.82 Å². The number of likely N-dealkylation sites (N-methyl/N-ethyl adjacent to an activating group) is 1. The molecular formula is C26H29N5. The Morgan fingerprint density at radius 1 is 1.19 bits per heavy atom. The van der Waals surface area contributed by atoms with Crippen LogP contribution in [0.5, 0.6) is 0 Å². The first-order chi connectivity index (χ1) is 15.1. The van der Waals surface area contributed by atoms with Crippen LogP contribution in [0, 0.1) is 36.0 Å². The zero-order valence-electron chi connectivity index (χ0n) is 18.4. The summed E-state index contributed by atoms with van der Waals surface area (Å²) in [6.45, 7) is 3.56. The molecule has 0 radical (unpaired) electrons. The second kappa shape index (κ2) is 9.67. The van der Waals surface area contributed by atoms with Gasteiger partial charge in [-0.05, 0) is 36.7 Å². The SMILES string of the molecule is C#CCn1cnc2c(N(C)CCc3ccccc3)nc(C#CC3CCC[C@@H](C)C3)nc21. The van der Waals surface area contributed by atoms with Gasteiger partial charge in [-0.25, -0.2) is 15.0 Å². The summed E-state index contributed by atoms with van der Waals surface area (Å²) >= 11 is 0. The molecule has 0 N–H and O–H groups in total. The Bertz CT molecular complexity index is 1130. The average Bonchev–Trinajstić information content (AvgIpc) is 3.19. The van der Waals surface area contributed by atoms with Crippen LogP contribution in [0.1, 0.15) is 44.0 Å². The van der Waals surface area contributed by atoms with Crippen LogP contribution in [0.15, 0.2) is 36.7 Å². The Morgan fingerprint density at radius 2 is 2.03 bits per heavy atom. The fraction of sp³-hybridized carbons (Fsp3) is 0.423. The van der Waals surface area contributed by atoms with Crippen molar-refractivity contribution in [2.24, 2.45) is 11.8 Å². The van der Waals surface area contributed by atoms with Crippen LogP contribution in [0.2, 0.25) is 0 Å². The van der Waals surface area contributed by atoms with Gasteiger partial charge in [-0.1, -0.05) is 61.9 Å². The van der Waals surface area contributed by atoms with Gasteiger partial charge >= 0.3 is 0 Å². The molecule has 0 spiro atoms. The highest BCUT2D eigenvalue weighted by Crippen LogP contribution is 2.28. The highest BCUT2D eigenvalue weighted by Gasteiger charge is 2.18. The summed E-state index contributed by atoms with van der Waals surface area (Å²) in [4.78, 5) is 16.2. The van der Waals surface area contributed by atoms with Crippen molar-refractivity contribution in [1.82, 2.24) is 19.5 Å². The fourth-order valence-corrected chi connectivity index (χ4v) is 4.24. The molecule has 0 bridgehead atoms. The van der Waals surface area contributed by atoms with E-state index in [0.717, 1.165) is 42.3 Å². The maximum atomic E-state index is 5.55. The van der Waals surface area contributed by atoms with Gasteiger partial charge in [0.05, 0.1) is 12.9 Å². The summed E-state index contributed by atoms with van der Waals surface area (Å²) in [5.41, 5.74) is 2.81. The second-order valence-electron chi connectivity index (χ2n) is 8.51. The van der Waals surface area contributed by atoms with Crippen molar-refractivity contribution in [3.8, 4) is 24.2 Å². The Labute approximate surface area is 184 Å². The number of hydrogen-bond acceptors (Lipinski definition) is 4. The van der Waals surface area contributed by atoms with Crippen LogP contribution < -0.4 is 4.90 Å². The summed E-state index contributed by atoms with van der Waals surface area (Å²) in [5, 5.41) is 0. The van der Waals surface area contributed by atoms with E-state index in [1.54, 1.807) is 6.33 Å². The number of imidazole rings is 1. The molecule has 5 nitrogen and oxygen atoms in total. The van der Waals surface area contributed by atoms with Gasteiger partial charge in [-0.2, -0.15) is 0 Å². The summed E-state index contributed by atoms with van der Waals surface area (Å²) in [6, 6.07) is 10.5. The number of rotatable bonds is 5. The number of fused-ring (bicyclic) bond motifs is 1. The van der Waals surface area contributed by atoms with Crippen LogP contribution >= 0.6 is 0 Å². The minimum Gasteiger partial charge on any atom is -0.357 e. The first kappa shape index (κ1) is 20.9. The highest BCUT2D eigenvalue weighted by atomic mass is 15.2. The molecule has 158 valence electrons. The van der Waals surface area contributed by atoms with Crippen molar-refractivity contribution >= 4 is 17.0 Å². The van der Waals surface area contributed by atoms with Crippen LogP contribution in [0.3, 0.4) is 0 Å². The first-order valence-corrected chi connectivity index (χ1v) is 11.1. The smallest absolute Gasteiger partial charge is 0.208 e. The van der Waals surface area contributed by atoms with Crippen molar-refractivity contribution in [1.29, 1.82) is 0 Å². The van der Waals surface area contributed by atoms with Gasteiger partial charge in [0.25, 0.3) is 0 Å². The quantitative estimate of drug-likeness (QED) is 0.587. The van der Waals surface area contributed by atoms with E-state index in [1.165, 1.54) is 24.8 Å². The minimum atomic E-state index is 0.424. The van der Waals surface area contributed by atoms with Crippen LogP contribution in [0.25, 0.3) is 11.2 Å². The molecule has 31 heavy (non-hydrogen) atoms. The van der Waals surface area contributed by atoms with E-state index in [1.807, 2.05) is 17.7 Å². The third-order valence-electron chi connectivity index (χ3n) is 5.97. The van der Waals surface area contributed by atoms with E-state index >= 15 is 0 Å². The zero-order valence-corrected chi connectivity index (χ0v) is 18.4. The zero-order chi connectivity index (χ0) is 21.6. The summed E-state index contributed by atoms with van der Waals surface area (Å²) in [6.07, 6.45) is 13.1. The molecule has 5 heteroatoms. The van der Waals surface area contributed by atoms with Gasteiger partial charge in [-0.3, -0.25) is 0 Å². The van der Waals surface area contributed by atoms with Crippen molar-refractivity contribution < 1.29 is 0 Å². The average molecular weight is 412 g/mol. The molecule has 1 aliphatic rings. The molecule has 1 saturated carbocycles. The largest absolute Gasteiger partial charge is 0.357 e. The van der Waals surface area contributed by atoms with Crippen molar-refractivity contribution in [2.45, 2.75) is 45.6 Å².